The zero-order valence-electron chi connectivity index (χ0n) is 12.5. The average molecular weight is 327 g/mol. The number of thiazole rings is 1. The number of rotatable bonds is 4. The molecule has 0 fully saturated rings. The van der Waals surface area contributed by atoms with Crippen LogP contribution < -0.4 is 10.1 Å². The number of hydrogen-bond acceptors (Lipinski definition) is 7. The van der Waals surface area contributed by atoms with Gasteiger partial charge in [-0.15, -0.1) is 11.3 Å². The molecule has 3 aromatic heterocycles. The Balaban J connectivity index is 1.80. The van der Waals surface area contributed by atoms with Crippen molar-refractivity contribution in [1.82, 2.24) is 19.9 Å². The van der Waals surface area contributed by atoms with Crippen LogP contribution in [0.5, 0.6) is 11.5 Å². The Bertz CT molecular complexity index is 835. The maximum atomic E-state index is 12.3. The predicted molar refractivity (Wildman–Crippen MR) is 85.9 cm³/mol. The zero-order chi connectivity index (χ0) is 16.2. The summed E-state index contributed by atoms with van der Waals surface area (Å²) in [5.74, 6) is 0.644. The van der Waals surface area contributed by atoms with Crippen molar-refractivity contribution >= 4 is 22.4 Å². The summed E-state index contributed by atoms with van der Waals surface area (Å²) in [7, 11) is 0. The van der Waals surface area contributed by atoms with Crippen molar-refractivity contribution < 1.29 is 9.53 Å². The Hall–Kier alpha value is -2.87. The van der Waals surface area contributed by atoms with Crippen LogP contribution in [0.3, 0.4) is 0 Å². The average Bonchev–Trinajstić information content (AvgIpc) is 2.93. The first-order chi connectivity index (χ1) is 11.1. The molecule has 0 saturated carbocycles. The van der Waals surface area contributed by atoms with E-state index in [-0.39, 0.29) is 11.6 Å². The minimum Gasteiger partial charge on any atom is -0.454 e. The fraction of sp³-hybridized carbons (Fsp3) is 0.133. The Morgan fingerprint density at radius 3 is 2.57 bits per heavy atom. The van der Waals surface area contributed by atoms with Gasteiger partial charge in [0.05, 0.1) is 18.1 Å². The molecule has 3 aromatic rings. The summed E-state index contributed by atoms with van der Waals surface area (Å²) in [6.07, 6.45) is 4.50. The lowest BCUT2D eigenvalue weighted by Crippen LogP contribution is -2.14. The third kappa shape index (κ3) is 3.86. The molecule has 8 heteroatoms. The summed E-state index contributed by atoms with van der Waals surface area (Å²) in [6, 6.07) is 3.30. The molecule has 0 aliphatic carbocycles. The molecular weight excluding hydrogens is 314 g/mol. The van der Waals surface area contributed by atoms with E-state index in [1.54, 1.807) is 31.5 Å². The van der Waals surface area contributed by atoms with Crippen molar-refractivity contribution in [3.05, 3.63) is 53.3 Å². The van der Waals surface area contributed by atoms with Gasteiger partial charge in [0.1, 0.15) is 17.8 Å². The molecular formula is C15H13N5O2S. The minimum absolute atomic E-state index is 0.254. The van der Waals surface area contributed by atoms with Gasteiger partial charge in [0.25, 0.3) is 5.91 Å². The van der Waals surface area contributed by atoms with Crippen LogP contribution in [0.15, 0.2) is 36.2 Å². The lowest BCUT2D eigenvalue weighted by Gasteiger charge is -2.08. The van der Waals surface area contributed by atoms with Gasteiger partial charge < -0.3 is 4.74 Å². The number of aryl methyl sites for hydroxylation is 2. The quantitative estimate of drug-likeness (QED) is 0.792. The molecule has 0 atom stereocenters. The van der Waals surface area contributed by atoms with Crippen molar-refractivity contribution in [2.75, 3.05) is 5.32 Å². The normalized spacial score (nSPS) is 10.3. The smallest absolute Gasteiger partial charge is 0.276 e. The van der Waals surface area contributed by atoms with E-state index < -0.39 is 0 Å². The van der Waals surface area contributed by atoms with Crippen LogP contribution in [0.2, 0.25) is 0 Å². The van der Waals surface area contributed by atoms with Crippen molar-refractivity contribution in [3.63, 3.8) is 0 Å². The number of nitrogens with zero attached hydrogens (tertiary/aromatic N) is 4. The second kappa shape index (κ2) is 6.49. The Morgan fingerprint density at radius 2 is 1.87 bits per heavy atom. The summed E-state index contributed by atoms with van der Waals surface area (Å²) in [5, 5.41) is 5.12. The van der Waals surface area contributed by atoms with Gasteiger partial charge in [-0.1, -0.05) is 0 Å². The van der Waals surface area contributed by atoms with E-state index in [1.807, 2.05) is 12.3 Å². The highest BCUT2D eigenvalue weighted by Crippen LogP contribution is 2.22. The molecule has 0 bridgehead atoms. The molecule has 0 unspecified atom stereocenters. The fourth-order valence-corrected chi connectivity index (χ4v) is 2.54. The molecule has 0 radical (unpaired) electrons. The first-order valence-corrected chi connectivity index (χ1v) is 7.63. The molecule has 23 heavy (non-hydrogen) atoms. The summed E-state index contributed by atoms with van der Waals surface area (Å²) >= 11 is 1.36. The van der Waals surface area contributed by atoms with Crippen molar-refractivity contribution in [2.45, 2.75) is 13.8 Å². The van der Waals surface area contributed by atoms with Gasteiger partial charge in [0.15, 0.2) is 10.9 Å². The topological polar surface area (TPSA) is 89.9 Å². The van der Waals surface area contributed by atoms with E-state index in [9.17, 15) is 4.79 Å². The van der Waals surface area contributed by atoms with E-state index in [4.69, 9.17) is 4.74 Å². The van der Waals surface area contributed by atoms with E-state index >= 15 is 0 Å². The molecule has 7 nitrogen and oxygen atoms in total. The molecule has 116 valence electrons. The predicted octanol–water partition coefficient (Wildman–Crippen LogP) is 2.99. The van der Waals surface area contributed by atoms with Gasteiger partial charge in [-0.3, -0.25) is 10.1 Å². The summed E-state index contributed by atoms with van der Waals surface area (Å²) in [6.45, 7) is 3.66. The van der Waals surface area contributed by atoms with Crippen LogP contribution in [0.25, 0.3) is 0 Å². The van der Waals surface area contributed by atoms with E-state index in [1.165, 1.54) is 17.7 Å². The molecule has 0 saturated heterocycles. The van der Waals surface area contributed by atoms with Crippen molar-refractivity contribution in [3.8, 4) is 11.5 Å². The second-order valence-electron chi connectivity index (χ2n) is 4.75. The van der Waals surface area contributed by atoms with E-state index in [2.05, 4.69) is 25.3 Å². The van der Waals surface area contributed by atoms with E-state index in [0.717, 1.165) is 5.69 Å². The number of aromatic nitrogens is 4. The lowest BCUT2D eigenvalue weighted by atomic mass is 10.3. The van der Waals surface area contributed by atoms with Gasteiger partial charge in [0.2, 0.25) is 0 Å². The number of carbonyl (C=O) groups excluding carboxylic acids is 1. The largest absolute Gasteiger partial charge is 0.454 e. The highest BCUT2D eigenvalue weighted by atomic mass is 32.1. The molecule has 1 N–H and O–H groups in total. The van der Waals surface area contributed by atoms with Crippen LogP contribution in [0.1, 0.15) is 21.9 Å². The first-order valence-electron chi connectivity index (χ1n) is 6.75. The van der Waals surface area contributed by atoms with Gasteiger partial charge in [0, 0.05) is 23.2 Å². The Labute approximate surface area is 136 Å². The monoisotopic (exact) mass is 327 g/mol. The van der Waals surface area contributed by atoms with Gasteiger partial charge in [-0.2, -0.15) is 0 Å². The van der Waals surface area contributed by atoms with Crippen LogP contribution in [0, 0.1) is 13.8 Å². The number of amides is 1. The minimum atomic E-state index is -0.336. The maximum Gasteiger partial charge on any atom is 0.276 e. The molecule has 0 spiro atoms. The number of hydrogen-bond donors (Lipinski definition) is 1. The highest BCUT2D eigenvalue weighted by Gasteiger charge is 2.12. The summed E-state index contributed by atoms with van der Waals surface area (Å²) in [4.78, 5) is 28.5. The third-order valence-corrected chi connectivity index (χ3v) is 3.65. The number of nitrogens with one attached hydrogen (secondary N) is 1. The number of anilines is 1. The molecule has 3 rings (SSSR count). The molecule has 1 amide bonds. The standard InChI is InChI=1S/C15H13N5O2S/c1-9-3-11(22-12-5-16-8-17-6-12)4-13(18-9)14(21)20-15-19-10(2)7-23-15/h3-8H,1-2H3,(H,19,20,21). The Morgan fingerprint density at radius 1 is 1.09 bits per heavy atom. The highest BCUT2D eigenvalue weighted by molar-refractivity contribution is 7.13. The summed E-state index contributed by atoms with van der Waals surface area (Å²) < 4.78 is 5.65. The van der Waals surface area contributed by atoms with Crippen LogP contribution in [0.4, 0.5) is 5.13 Å². The number of carbonyl (C=O) groups is 1. The fourth-order valence-electron chi connectivity index (χ4n) is 1.86. The van der Waals surface area contributed by atoms with Crippen molar-refractivity contribution in [1.29, 1.82) is 0 Å². The van der Waals surface area contributed by atoms with Gasteiger partial charge >= 0.3 is 0 Å². The SMILES string of the molecule is Cc1cc(Oc2cncnc2)cc(C(=O)Nc2nc(C)cs2)n1. The van der Waals surface area contributed by atoms with Crippen LogP contribution >= 0.6 is 11.3 Å². The number of pyridine rings is 1. The second-order valence-corrected chi connectivity index (χ2v) is 5.61. The summed E-state index contributed by atoms with van der Waals surface area (Å²) in [5.41, 5.74) is 1.78. The van der Waals surface area contributed by atoms with Crippen LogP contribution in [-0.2, 0) is 0 Å². The first kappa shape index (κ1) is 15.0. The van der Waals surface area contributed by atoms with Gasteiger partial charge in [-0.05, 0) is 13.8 Å². The third-order valence-electron chi connectivity index (χ3n) is 2.77. The van der Waals surface area contributed by atoms with Gasteiger partial charge in [-0.25, -0.2) is 19.9 Å². The van der Waals surface area contributed by atoms with E-state index in [0.29, 0.717) is 22.3 Å². The van der Waals surface area contributed by atoms with Crippen LogP contribution in [-0.4, -0.2) is 25.8 Å². The molecule has 0 aliphatic rings. The maximum absolute atomic E-state index is 12.3. The zero-order valence-corrected chi connectivity index (χ0v) is 13.3. The molecule has 3 heterocycles. The molecule has 0 aromatic carbocycles. The lowest BCUT2D eigenvalue weighted by molar-refractivity contribution is 0.102. The number of ether oxygens (including phenoxy) is 1. The Kier molecular flexibility index (Phi) is 4.24. The van der Waals surface area contributed by atoms with Crippen molar-refractivity contribution in [2.24, 2.45) is 0 Å². The molecule has 0 aliphatic heterocycles.